The molecule has 6 heteroatoms. The van der Waals surface area contributed by atoms with Crippen molar-refractivity contribution in [2.45, 2.75) is 20.4 Å². The van der Waals surface area contributed by atoms with Crippen molar-refractivity contribution >= 4 is 17.8 Å². The predicted molar refractivity (Wildman–Crippen MR) is 96.4 cm³/mol. The molecule has 1 aromatic heterocycles. The number of nitrogens with zero attached hydrogens (tertiary/aromatic N) is 3. The number of aromatic nitrogens is 1. The average molecular weight is 326 g/mol. The van der Waals surface area contributed by atoms with Gasteiger partial charge in [0.25, 0.3) is 11.5 Å². The van der Waals surface area contributed by atoms with Crippen molar-refractivity contribution in [2.24, 2.45) is 5.10 Å². The number of amides is 1. The van der Waals surface area contributed by atoms with Crippen molar-refractivity contribution in [3.63, 3.8) is 0 Å². The van der Waals surface area contributed by atoms with Crippen LogP contribution in [0.15, 0.2) is 58.6 Å². The number of pyridine rings is 1. The minimum Gasteiger partial charge on any atom is -0.372 e. The van der Waals surface area contributed by atoms with Gasteiger partial charge in [-0.25, -0.2) is 5.43 Å². The molecular weight excluding hydrogens is 304 g/mol. The zero-order valence-electron chi connectivity index (χ0n) is 14.0. The van der Waals surface area contributed by atoms with Crippen LogP contribution < -0.4 is 15.9 Å². The Bertz CT molecular complexity index is 746. The van der Waals surface area contributed by atoms with Crippen molar-refractivity contribution in [2.75, 3.05) is 18.0 Å². The number of anilines is 1. The Kier molecular flexibility index (Phi) is 6.31. The van der Waals surface area contributed by atoms with E-state index in [1.54, 1.807) is 24.5 Å². The van der Waals surface area contributed by atoms with Crippen molar-refractivity contribution in [1.29, 1.82) is 0 Å². The Balaban J connectivity index is 1.90. The van der Waals surface area contributed by atoms with E-state index in [1.807, 2.05) is 24.3 Å². The van der Waals surface area contributed by atoms with Crippen LogP contribution in [-0.2, 0) is 11.3 Å². The van der Waals surface area contributed by atoms with Crippen molar-refractivity contribution in [1.82, 2.24) is 9.99 Å². The molecule has 0 unspecified atom stereocenters. The molecule has 0 spiro atoms. The predicted octanol–water partition coefficient (Wildman–Crippen LogP) is 1.84. The fourth-order valence-electron chi connectivity index (χ4n) is 2.32. The van der Waals surface area contributed by atoms with Crippen LogP contribution in [0.4, 0.5) is 5.69 Å². The summed E-state index contributed by atoms with van der Waals surface area (Å²) in [7, 11) is 0. The summed E-state index contributed by atoms with van der Waals surface area (Å²) in [6.45, 7) is 6.09. The van der Waals surface area contributed by atoms with Gasteiger partial charge in [-0.2, -0.15) is 5.10 Å². The van der Waals surface area contributed by atoms with Crippen molar-refractivity contribution in [3.8, 4) is 0 Å². The van der Waals surface area contributed by atoms with Crippen LogP contribution in [-0.4, -0.2) is 29.8 Å². The number of hydrogen-bond donors (Lipinski definition) is 1. The quantitative estimate of drug-likeness (QED) is 0.624. The molecular formula is C18H22N4O2. The summed E-state index contributed by atoms with van der Waals surface area (Å²) in [6, 6.07) is 12.7. The van der Waals surface area contributed by atoms with E-state index >= 15 is 0 Å². The van der Waals surface area contributed by atoms with E-state index in [0.29, 0.717) is 0 Å². The molecule has 0 bridgehead atoms. The first-order valence-corrected chi connectivity index (χ1v) is 7.96. The Morgan fingerprint density at radius 2 is 1.88 bits per heavy atom. The summed E-state index contributed by atoms with van der Waals surface area (Å²) in [6.07, 6.45) is 3.15. The first kappa shape index (κ1) is 17.5. The second-order valence-corrected chi connectivity index (χ2v) is 5.22. The third-order valence-corrected chi connectivity index (χ3v) is 3.64. The van der Waals surface area contributed by atoms with Gasteiger partial charge >= 0.3 is 0 Å². The standard InChI is InChI=1S/C18H22N4O2/c1-3-21(4-2)16-10-8-15(9-11-16)13-19-20-17(23)14-22-12-6-5-7-18(22)24/h5-13H,3-4,14H2,1-2H3,(H,20,23)/b19-13-. The molecule has 1 aromatic carbocycles. The van der Waals surface area contributed by atoms with Gasteiger partial charge in [0.05, 0.1) is 6.21 Å². The average Bonchev–Trinajstić information content (AvgIpc) is 2.59. The van der Waals surface area contributed by atoms with Gasteiger partial charge in [-0.1, -0.05) is 18.2 Å². The lowest BCUT2D eigenvalue weighted by atomic mass is 10.2. The van der Waals surface area contributed by atoms with E-state index in [0.717, 1.165) is 24.3 Å². The Morgan fingerprint density at radius 3 is 2.50 bits per heavy atom. The topological polar surface area (TPSA) is 66.7 Å². The van der Waals surface area contributed by atoms with E-state index in [2.05, 4.69) is 29.3 Å². The summed E-state index contributed by atoms with van der Waals surface area (Å²) >= 11 is 0. The molecule has 0 fully saturated rings. The highest BCUT2D eigenvalue weighted by molar-refractivity contribution is 5.82. The van der Waals surface area contributed by atoms with Gasteiger partial charge < -0.3 is 9.47 Å². The Hall–Kier alpha value is -2.89. The number of carbonyl (C=O) groups excluding carboxylic acids is 1. The smallest absolute Gasteiger partial charge is 0.260 e. The fraction of sp³-hybridized carbons (Fsp3) is 0.278. The molecule has 0 aliphatic heterocycles. The van der Waals surface area contributed by atoms with Gasteiger partial charge in [0.15, 0.2) is 0 Å². The highest BCUT2D eigenvalue weighted by Gasteiger charge is 2.02. The maximum Gasteiger partial charge on any atom is 0.260 e. The Morgan fingerprint density at radius 1 is 1.17 bits per heavy atom. The van der Waals surface area contributed by atoms with Gasteiger partial charge in [-0.15, -0.1) is 0 Å². The molecule has 0 atom stereocenters. The summed E-state index contributed by atoms with van der Waals surface area (Å²) in [5.41, 5.74) is 4.26. The largest absolute Gasteiger partial charge is 0.372 e. The van der Waals surface area contributed by atoms with Crippen LogP contribution in [0, 0.1) is 0 Å². The lowest BCUT2D eigenvalue weighted by Gasteiger charge is -2.20. The summed E-state index contributed by atoms with van der Waals surface area (Å²) in [5, 5.41) is 3.93. The number of rotatable bonds is 7. The number of hydrazone groups is 1. The molecule has 0 aliphatic carbocycles. The van der Waals surface area contributed by atoms with E-state index in [1.165, 1.54) is 10.6 Å². The van der Waals surface area contributed by atoms with Gasteiger partial charge in [0.2, 0.25) is 0 Å². The molecule has 0 saturated carbocycles. The summed E-state index contributed by atoms with van der Waals surface area (Å²) in [4.78, 5) is 25.6. The van der Waals surface area contributed by atoms with Crippen molar-refractivity contribution in [3.05, 3.63) is 64.6 Å². The molecule has 2 aromatic rings. The van der Waals surface area contributed by atoms with Gasteiger partial charge in [0, 0.05) is 31.0 Å². The molecule has 2 rings (SSSR count). The molecule has 6 nitrogen and oxygen atoms in total. The van der Waals surface area contributed by atoms with Gasteiger partial charge in [-0.05, 0) is 37.6 Å². The second kappa shape index (κ2) is 8.67. The fourth-order valence-corrected chi connectivity index (χ4v) is 2.32. The van der Waals surface area contributed by atoms with E-state index in [4.69, 9.17) is 0 Å². The first-order chi connectivity index (χ1) is 11.6. The SMILES string of the molecule is CCN(CC)c1ccc(/C=N\NC(=O)Cn2ccccc2=O)cc1. The van der Waals surface area contributed by atoms with E-state index in [-0.39, 0.29) is 18.0 Å². The van der Waals surface area contributed by atoms with E-state index < -0.39 is 0 Å². The molecule has 1 amide bonds. The highest BCUT2D eigenvalue weighted by atomic mass is 16.2. The number of nitrogens with one attached hydrogen (secondary N) is 1. The maximum atomic E-state index is 11.8. The number of carbonyl (C=O) groups is 1. The minimum absolute atomic E-state index is 0.0576. The molecule has 1 heterocycles. The van der Waals surface area contributed by atoms with Gasteiger partial charge in [-0.3, -0.25) is 9.59 Å². The number of hydrogen-bond acceptors (Lipinski definition) is 4. The molecule has 1 N–H and O–H groups in total. The number of benzene rings is 1. The summed E-state index contributed by atoms with van der Waals surface area (Å²) in [5.74, 6) is -0.348. The third-order valence-electron chi connectivity index (χ3n) is 3.64. The minimum atomic E-state index is -0.348. The van der Waals surface area contributed by atoms with Crippen LogP contribution in [0.25, 0.3) is 0 Å². The molecule has 0 radical (unpaired) electrons. The highest BCUT2D eigenvalue weighted by Crippen LogP contribution is 2.13. The molecule has 126 valence electrons. The van der Waals surface area contributed by atoms with Gasteiger partial charge in [0.1, 0.15) is 6.54 Å². The zero-order chi connectivity index (χ0) is 17.4. The first-order valence-electron chi connectivity index (χ1n) is 7.96. The van der Waals surface area contributed by atoms with Crippen LogP contribution in [0.1, 0.15) is 19.4 Å². The zero-order valence-corrected chi connectivity index (χ0v) is 14.0. The molecule has 0 aliphatic rings. The van der Waals surface area contributed by atoms with E-state index in [9.17, 15) is 9.59 Å². The van der Waals surface area contributed by atoms with Crippen LogP contribution in [0.2, 0.25) is 0 Å². The maximum absolute atomic E-state index is 11.8. The molecule has 24 heavy (non-hydrogen) atoms. The van der Waals surface area contributed by atoms with Crippen LogP contribution >= 0.6 is 0 Å². The normalized spacial score (nSPS) is 10.8. The van der Waals surface area contributed by atoms with Crippen LogP contribution in [0.3, 0.4) is 0 Å². The second-order valence-electron chi connectivity index (χ2n) is 5.22. The third kappa shape index (κ3) is 4.81. The van der Waals surface area contributed by atoms with Crippen molar-refractivity contribution < 1.29 is 4.79 Å². The van der Waals surface area contributed by atoms with Crippen LogP contribution in [0.5, 0.6) is 0 Å². The Labute approximate surface area is 141 Å². The lowest BCUT2D eigenvalue weighted by Crippen LogP contribution is -2.28. The lowest BCUT2D eigenvalue weighted by molar-refractivity contribution is -0.121. The monoisotopic (exact) mass is 326 g/mol. The molecule has 0 saturated heterocycles. The summed E-state index contributed by atoms with van der Waals surface area (Å²) < 4.78 is 1.32.